The van der Waals surface area contributed by atoms with E-state index in [0.717, 1.165) is 38.5 Å². The predicted molar refractivity (Wildman–Crippen MR) is 107 cm³/mol. The van der Waals surface area contributed by atoms with Crippen LogP contribution in [0.15, 0.2) is 0 Å². The maximum absolute atomic E-state index is 11.5. The number of hydrogen-bond donors (Lipinski definition) is 0. The molecule has 0 bridgehead atoms. The molecule has 0 aromatic rings. The smallest absolute Gasteiger partial charge is 0.247 e. The average Bonchev–Trinajstić information content (AvgIpc) is 2.64. The second-order valence-electron chi connectivity index (χ2n) is 7.36. The third-order valence-electron chi connectivity index (χ3n) is 4.70. The van der Waals surface area contributed by atoms with E-state index >= 15 is 0 Å². The van der Waals surface area contributed by atoms with Gasteiger partial charge in [-0.2, -0.15) is 0 Å². The first kappa shape index (κ1) is 24.9. The molecular formula is C22H42O4. The van der Waals surface area contributed by atoms with Gasteiger partial charge in [-0.05, 0) is 12.8 Å². The Morgan fingerprint density at radius 3 is 1.04 bits per heavy atom. The highest BCUT2D eigenvalue weighted by Crippen LogP contribution is 2.11. The Kier molecular flexibility index (Phi) is 19.4. The molecule has 0 N–H and O–H groups in total. The number of carbonyl (C=O) groups excluding carboxylic acids is 2. The van der Waals surface area contributed by atoms with Gasteiger partial charge in [-0.1, -0.05) is 104 Å². The molecule has 0 saturated heterocycles. The molecule has 0 aliphatic carbocycles. The van der Waals surface area contributed by atoms with E-state index in [1.165, 1.54) is 64.2 Å². The summed E-state index contributed by atoms with van der Waals surface area (Å²) >= 11 is 0. The van der Waals surface area contributed by atoms with Crippen LogP contribution in [0.2, 0.25) is 0 Å². The summed E-state index contributed by atoms with van der Waals surface area (Å²) < 4.78 is 0. The molecule has 154 valence electrons. The van der Waals surface area contributed by atoms with Crippen LogP contribution < -0.4 is 0 Å². The van der Waals surface area contributed by atoms with Crippen LogP contribution in [0.1, 0.15) is 129 Å². The fourth-order valence-corrected chi connectivity index (χ4v) is 2.98. The fraction of sp³-hybridized carbons (Fsp3) is 0.909. The van der Waals surface area contributed by atoms with Crippen LogP contribution in [0.25, 0.3) is 0 Å². The van der Waals surface area contributed by atoms with E-state index in [0.29, 0.717) is 12.8 Å². The molecule has 0 radical (unpaired) electrons. The van der Waals surface area contributed by atoms with Crippen molar-refractivity contribution >= 4 is 11.9 Å². The van der Waals surface area contributed by atoms with Crippen LogP contribution >= 0.6 is 0 Å². The lowest BCUT2D eigenvalue weighted by molar-refractivity contribution is -0.259. The molecule has 0 spiro atoms. The van der Waals surface area contributed by atoms with Gasteiger partial charge >= 0.3 is 11.9 Å². The number of unbranched alkanes of at least 4 members (excludes halogenated alkanes) is 14. The lowest BCUT2D eigenvalue weighted by Gasteiger charge is -2.04. The van der Waals surface area contributed by atoms with Gasteiger partial charge < -0.3 is 0 Å². The standard InChI is InChI=1S/C22H42O4/c1-3-5-7-9-11-13-15-17-19-21(23)25-26-22(24)20-18-16-14-12-10-8-6-4-2/h3-20H2,1-2H3. The summed E-state index contributed by atoms with van der Waals surface area (Å²) in [4.78, 5) is 32.2. The second kappa shape index (κ2) is 20.3. The van der Waals surface area contributed by atoms with Crippen molar-refractivity contribution in [3.8, 4) is 0 Å². The van der Waals surface area contributed by atoms with E-state index in [4.69, 9.17) is 0 Å². The highest BCUT2D eigenvalue weighted by atomic mass is 17.2. The highest BCUT2D eigenvalue weighted by Gasteiger charge is 2.09. The van der Waals surface area contributed by atoms with E-state index in [2.05, 4.69) is 23.6 Å². The number of rotatable bonds is 18. The summed E-state index contributed by atoms with van der Waals surface area (Å²) in [7, 11) is 0. The molecule has 0 rings (SSSR count). The zero-order chi connectivity index (χ0) is 19.3. The summed E-state index contributed by atoms with van der Waals surface area (Å²) in [6.07, 6.45) is 19.5. The molecule has 0 unspecified atom stereocenters. The normalized spacial score (nSPS) is 10.7. The van der Waals surface area contributed by atoms with Crippen molar-refractivity contribution in [2.24, 2.45) is 0 Å². The van der Waals surface area contributed by atoms with Gasteiger partial charge in [-0.15, -0.1) is 0 Å². The Balaban J connectivity index is 3.33. The van der Waals surface area contributed by atoms with Crippen LogP contribution in [-0.4, -0.2) is 11.9 Å². The minimum atomic E-state index is -0.430. The van der Waals surface area contributed by atoms with E-state index in [1.807, 2.05) is 0 Å². The lowest BCUT2D eigenvalue weighted by Crippen LogP contribution is -2.11. The molecule has 0 fully saturated rings. The van der Waals surface area contributed by atoms with E-state index in [1.54, 1.807) is 0 Å². The summed E-state index contributed by atoms with van der Waals surface area (Å²) in [5, 5.41) is 0. The lowest BCUT2D eigenvalue weighted by atomic mass is 10.1. The van der Waals surface area contributed by atoms with Crippen molar-refractivity contribution in [3.63, 3.8) is 0 Å². The molecule has 0 atom stereocenters. The monoisotopic (exact) mass is 370 g/mol. The van der Waals surface area contributed by atoms with E-state index < -0.39 is 11.9 Å². The van der Waals surface area contributed by atoms with Gasteiger partial charge in [0.25, 0.3) is 0 Å². The van der Waals surface area contributed by atoms with Crippen molar-refractivity contribution in [3.05, 3.63) is 0 Å². The van der Waals surface area contributed by atoms with Crippen LogP contribution in [0.5, 0.6) is 0 Å². The van der Waals surface area contributed by atoms with Gasteiger partial charge in [-0.25, -0.2) is 19.4 Å². The first-order valence-corrected chi connectivity index (χ1v) is 11.1. The van der Waals surface area contributed by atoms with Crippen molar-refractivity contribution in [2.75, 3.05) is 0 Å². The Bertz CT molecular complexity index is 296. The van der Waals surface area contributed by atoms with Crippen molar-refractivity contribution < 1.29 is 19.4 Å². The van der Waals surface area contributed by atoms with Gasteiger partial charge in [0.1, 0.15) is 0 Å². The first-order valence-electron chi connectivity index (χ1n) is 11.1. The van der Waals surface area contributed by atoms with Gasteiger partial charge in [0.05, 0.1) is 12.8 Å². The zero-order valence-corrected chi connectivity index (χ0v) is 17.4. The van der Waals surface area contributed by atoms with Gasteiger partial charge in [0.15, 0.2) is 0 Å². The Hall–Kier alpha value is -1.06. The van der Waals surface area contributed by atoms with Crippen molar-refractivity contribution in [2.45, 2.75) is 129 Å². The molecule has 0 aliphatic heterocycles. The minimum Gasteiger partial charge on any atom is -0.247 e. The molecule has 0 aromatic heterocycles. The number of hydrogen-bond acceptors (Lipinski definition) is 4. The Morgan fingerprint density at radius 1 is 0.462 bits per heavy atom. The molecular weight excluding hydrogens is 328 g/mol. The number of carbonyl (C=O) groups is 2. The minimum absolute atomic E-state index is 0.333. The molecule has 0 saturated carbocycles. The third-order valence-corrected chi connectivity index (χ3v) is 4.70. The molecule has 4 heteroatoms. The third kappa shape index (κ3) is 19.3. The summed E-state index contributed by atoms with van der Waals surface area (Å²) in [6, 6.07) is 0. The Labute approximate surface area is 161 Å². The van der Waals surface area contributed by atoms with Crippen LogP contribution in [-0.2, 0) is 19.4 Å². The molecule has 0 aromatic carbocycles. The molecule has 0 amide bonds. The van der Waals surface area contributed by atoms with Crippen LogP contribution in [0.4, 0.5) is 0 Å². The summed E-state index contributed by atoms with van der Waals surface area (Å²) in [5.74, 6) is -0.861. The fourth-order valence-electron chi connectivity index (χ4n) is 2.98. The van der Waals surface area contributed by atoms with Gasteiger partial charge in [0, 0.05) is 0 Å². The van der Waals surface area contributed by atoms with E-state index in [-0.39, 0.29) is 0 Å². The highest BCUT2D eigenvalue weighted by molar-refractivity contribution is 5.72. The molecule has 0 heterocycles. The predicted octanol–water partition coefficient (Wildman–Crippen LogP) is 7.05. The maximum Gasteiger partial charge on any atom is 0.355 e. The van der Waals surface area contributed by atoms with Crippen molar-refractivity contribution in [1.29, 1.82) is 0 Å². The molecule has 4 nitrogen and oxygen atoms in total. The first-order chi connectivity index (χ1) is 12.7. The van der Waals surface area contributed by atoms with Crippen LogP contribution in [0, 0.1) is 0 Å². The van der Waals surface area contributed by atoms with Gasteiger partial charge in [-0.3, -0.25) is 0 Å². The largest absolute Gasteiger partial charge is 0.355 e. The van der Waals surface area contributed by atoms with E-state index in [9.17, 15) is 9.59 Å². The summed E-state index contributed by atoms with van der Waals surface area (Å²) in [6.45, 7) is 4.43. The quantitative estimate of drug-likeness (QED) is 0.147. The van der Waals surface area contributed by atoms with Gasteiger partial charge in [0.2, 0.25) is 0 Å². The molecule has 0 aliphatic rings. The van der Waals surface area contributed by atoms with Crippen molar-refractivity contribution in [1.82, 2.24) is 0 Å². The average molecular weight is 371 g/mol. The maximum atomic E-state index is 11.5. The second-order valence-corrected chi connectivity index (χ2v) is 7.36. The topological polar surface area (TPSA) is 52.6 Å². The SMILES string of the molecule is CCCCCCCCCCC(=O)OOC(=O)CCCCCCCCCC. The summed E-state index contributed by atoms with van der Waals surface area (Å²) in [5.41, 5.74) is 0. The zero-order valence-electron chi connectivity index (χ0n) is 17.4. The molecule has 26 heavy (non-hydrogen) atoms. The van der Waals surface area contributed by atoms with Crippen LogP contribution in [0.3, 0.4) is 0 Å². The Morgan fingerprint density at radius 2 is 0.731 bits per heavy atom.